The molecule has 0 aliphatic carbocycles. The van der Waals surface area contributed by atoms with Crippen LogP contribution in [0.4, 0.5) is 5.69 Å². The molecule has 0 atom stereocenters. The second kappa shape index (κ2) is 4.92. The van der Waals surface area contributed by atoms with E-state index in [4.69, 9.17) is 5.73 Å². The summed E-state index contributed by atoms with van der Waals surface area (Å²) in [7, 11) is 0. The van der Waals surface area contributed by atoms with Crippen molar-refractivity contribution in [3.63, 3.8) is 0 Å². The molecular weight excluding hydrogens is 280 g/mol. The smallest absolute Gasteiger partial charge is 0.255 e. The lowest BCUT2D eigenvalue weighted by atomic mass is 10.1. The third kappa shape index (κ3) is 2.52. The minimum Gasteiger partial charge on any atom is -0.398 e. The predicted octanol–water partition coefficient (Wildman–Crippen LogP) is 2.82. The number of halogens is 1. The number of hydrogen-bond acceptors (Lipinski definition) is 2. The van der Waals surface area contributed by atoms with Crippen molar-refractivity contribution < 1.29 is 4.79 Å². The molecule has 0 radical (unpaired) electrons. The van der Waals surface area contributed by atoms with E-state index in [1.54, 1.807) is 18.2 Å². The number of nitrogens with zero attached hydrogens (tertiary/aromatic N) is 1. The Morgan fingerprint density at radius 2 is 2.24 bits per heavy atom. The summed E-state index contributed by atoms with van der Waals surface area (Å²) < 4.78 is 0.691. The highest BCUT2D eigenvalue weighted by atomic mass is 79.9. The SMILES string of the molecule is CC1=CCN(C(=O)c2cccc(N)c2Br)CC1. The lowest BCUT2D eigenvalue weighted by Crippen LogP contribution is -2.34. The van der Waals surface area contributed by atoms with E-state index in [1.165, 1.54) is 5.57 Å². The van der Waals surface area contributed by atoms with Gasteiger partial charge in [0.1, 0.15) is 0 Å². The summed E-state index contributed by atoms with van der Waals surface area (Å²) in [6, 6.07) is 5.38. The lowest BCUT2D eigenvalue weighted by Gasteiger charge is -2.26. The first-order valence-electron chi connectivity index (χ1n) is 5.58. The van der Waals surface area contributed by atoms with Crippen LogP contribution < -0.4 is 5.73 Å². The van der Waals surface area contributed by atoms with Crippen LogP contribution in [0.1, 0.15) is 23.7 Å². The Hall–Kier alpha value is -1.29. The maximum absolute atomic E-state index is 12.3. The van der Waals surface area contributed by atoms with Gasteiger partial charge in [0, 0.05) is 18.8 Å². The summed E-state index contributed by atoms with van der Waals surface area (Å²) in [5.41, 5.74) is 8.36. The van der Waals surface area contributed by atoms with Gasteiger partial charge in [-0.15, -0.1) is 0 Å². The number of benzene rings is 1. The third-order valence-corrected chi connectivity index (χ3v) is 3.87. The second-order valence-electron chi connectivity index (χ2n) is 4.26. The average Bonchev–Trinajstić information content (AvgIpc) is 2.33. The van der Waals surface area contributed by atoms with Crippen molar-refractivity contribution in [1.82, 2.24) is 4.90 Å². The van der Waals surface area contributed by atoms with Gasteiger partial charge in [-0.1, -0.05) is 17.7 Å². The molecule has 90 valence electrons. The number of amides is 1. The largest absolute Gasteiger partial charge is 0.398 e. The first-order valence-corrected chi connectivity index (χ1v) is 6.38. The van der Waals surface area contributed by atoms with E-state index < -0.39 is 0 Å². The van der Waals surface area contributed by atoms with E-state index in [2.05, 4.69) is 28.9 Å². The van der Waals surface area contributed by atoms with Gasteiger partial charge in [0.25, 0.3) is 5.91 Å². The van der Waals surface area contributed by atoms with Crippen LogP contribution in [0.5, 0.6) is 0 Å². The molecule has 0 unspecified atom stereocenters. The monoisotopic (exact) mass is 294 g/mol. The summed E-state index contributed by atoms with van der Waals surface area (Å²) in [6.07, 6.45) is 3.05. The Kier molecular flexibility index (Phi) is 3.52. The van der Waals surface area contributed by atoms with Gasteiger partial charge in [-0.25, -0.2) is 0 Å². The number of hydrogen-bond donors (Lipinski definition) is 1. The highest BCUT2D eigenvalue weighted by molar-refractivity contribution is 9.10. The molecule has 0 bridgehead atoms. The highest BCUT2D eigenvalue weighted by Crippen LogP contribution is 2.25. The van der Waals surface area contributed by atoms with Crippen molar-refractivity contribution >= 4 is 27.5 Å². The van der Waals surface area contributed by atoms with Crippen molar-refractivity contribution in [2.24, 2.45) is 0 Å². The summed E-state index contributed by atoms with van der Waals surface area (Å²) in [4.78, 5) is 14.1. The molecule has 1 aliphatic rings. The van der Waals surface area contributed by atoms with Crippen LogP contribution in [-0.2, 0) is 0 Å². The van der Waals surface area contributed by atoms with Crippen molar-refractivity contribution in [3.05, 3.63) is 39.9 Å². The molecule has 4 heteroatoms. The van der Waals surface area contributed by atoms with Gasteiger partial charge in [0.15, 0.2) is 0 Å². The summed E-state index contributed by atoms with van der Waals surface area (Å²) in [5, 5.41) is 0. The molecule has 17 heavy (non-hydrogen) atoms. The molecule has 3 nitrogen and oxygen atoms in total. The van der Waals surface area contributed by atoms with Gasteiger partial charge in [0.2, 0.25) is 0 Å². The highest BCUT2D eigenvalue weighted by Gasteiger charge is 2.20. The zero-order chi connectivity index (χ0) is 12.4. The van der Waals surface area contributed by atoms with Gasteiger partial charge in [-0.2, -0.15) is 0 Å². The summed E-state index contributed by atoms with van der Waals surface area (Å²) in [5.74, 6) is 0.0351. The van der Waals surface area contributed by atoms with Crippen molar-refractivity contribution in [3.8, 4) is 0 Å². The zero-order valence-corrected chi connectivity index (χ0v) is 11.3. The van der Waals surface area contributed by atoms with Crippen LogP contribution >= 0.6 is 15.9 Å². The Bertz CT molecular complexity index is 482. The summed E-state index contributed by atoms with van der Waals surface area (Å²) in [6.45, 7) is 3.56. The average molecular weight is 295 g/mol. The predicted molar refractivity (Wildman–Crippen MR) is 72.8 cm³/mol. The molecule has 0 aromatic heterocycles. The normalized spacial score (nSPS) is 15.6. The minimum atomic E-state index is 0.0351. The Morgan fingerprint density at radius 3 is 2.88 bits per heavy atom. The van der Waals surface area contributed by atoms with Crippen LogP contribution in [-0.4, -0.2) is 23.9 Å². The number of nitrogen functional groups attached to an aromatic ring is 1. The van der Waals surface area contributed by atoms with E-state index in [9.17, 15) is 4.79 Å². The number of carbonyl (C=O) groups excluding carboxylic acids is 1. The lowest BCUT2D eigenvalue weighted by molar-refractivity contribution is 0.0768. The zero-order valence-electron chi connectivity index (χ0n) is 9.74. The molecule has 1 amide bonds. The van der Waals surface area contributed by atoms with Gasteiger partial charge in [0.05, 0.1) is 10.0 Å². The number of anilines is 1. The molecule has 2 rings (SSSR count). The fourth-order valence-corrected chi connectivity index (χ4v) is 2.27. The fraction of sp³-hybridized carbons (Fsp3) is 0.308. The van der Waals surface area contributed by atoms with Crippen molar-refractivity contribution in [1.29, 1.82) is 0 Å². The number of nitrogens with two attached hydrogens (primary N) is 1. The van der Waals surface area contributed by atoms with Gasteiger partial charge in [-0.3, -0.25) is 4.79 Å². The Balaban J connectivity index is 2.23. The molecule has 1 aliphatic heterocycles. The van der Waals surface area contributed by atoms with E-state index in [0.29, 0.717) is 22.3 Å². The standard InChI is InChI=1S/C13H15BrN2O/c1-9-5-7-16(8-6-9)13(17)10-3-2-4-11(15)12(10)14/h2-5H,6-8,15H2,1H3. The molecule has 2 N–H and O–H groups in total. The van der Waals surface area contributed by atoms with Crippen LogP contribution in [0.25, 0.3) is 0 Å². The molecule has 1 aromatic rings. The summed E-state index contributed by atoms with van der Waals surface area (Å²) >= 11 is 3.37. The molecule has 0 fully saturated rings. The van der Waals surface area contributed by atoms with Gasteiger partial charge in [-0.05, 0) is 41.4 Å². The number of rotatable bonds is 1. The molecule has 1 heterocycles. The first-order chi connectivity index (χ1) is 8.09. The van der Waals surface area contributed by atoms with Crippen LogP contribution in [0.15, 0.2) is 34.3 Å². The number of carbonyl (C=O) groups is 1. The topological polar surface area (TPSA) is 46.3 Å². The van der Waals surface area contributed by atoms with Crippen LogP contribution in [0.2, 0.25) is 0 Å². The molecular formula is C13H15BrN2O. The maximum Gasteiger partial charge on any atom is 0.255 e. The Morgan fingerprint density at radius 1 is 1.47 bits per heavy atom. The Labute approximate surface area is 109 Å². The van der Waals surface area contributed by atoms with E-state index >= 15 is 0 Å². The minimum absolute atomic E-state index is 0.0351. The van der Waals surface area contributed by atoms with E-state index in [1.807, 2.05) is 4.90 Å². The van der Waals surface area contributed by atoms with Crippen molar-refractivity contribution in [2.75, 3.05) is 18.8 Å². The van der Waals surface area contributed by atoms with Crippen LogP contribution in [0, 0.1) is 0 Å². The molecule has 0 saturated heterocycles. The molecule has 0 spiro atoms. The van der Waals surface area contributed by atoms with Gasteiger partial charge < -0.3 is 10.6 Å². The maximum atomic E-state index is 12.3. The van der Waals surface area contributed by atoms with Gasteiger partial charge >= 0.3 is 0 Å². The van der Waals surface area contributed by atoms with E-state index in [-0.39, 0.29) is 5.91 Å². The molecule has 0 saturated carbocycles. The third-order valence-electron chi connectivity index (χ3n) is 2.98. The second-order valence-corrected chi connectivity index (χ2v) is 5.05. The first kappa shape index (κ1) is 12.2. The van der Waals surface area contributed by atoms with E-state index in [0.717, 1.165) is 13.0 Å². The fourth-order valence-electron chi connectivity index (χ4n) is 1.84. The van der Waals surface area contributed by atoms with Crippen LogP contribution in [0.3, 0.4) is 0 Å². The van der Waals surface area contributed by atoms with Crippen molar-refractivity contribution in [2.45, 2.75) is 13.3 Å². The molecule has 1 aromatic carbocycles. The quantitative estimate of drug-likeness (QED) is 0.639.